The molecule has 4 N–H and O–H groups in total. The van der Waals surface area contributed by atoms with E-state index in [1.165, 1.54) is 24.3 Å². The highest BCUT2D eigenvalue weighted by molar-refractivity contribution is 5.97. The van der Waals surface area contributed by atoms with E-state index in [0.29, 0.717) is 31.7 Å². The Kier molecular flexibility index (Phi) is 7.86. The first kappa shape index (κ1) is 22.2. The summed E-state index contributed by atoms with van der Waals surface area (Å²) in [6.07, 6.45) is -3.43. The fourth-order valence-corrected chi connectivity index (χ4v) is 2.54. The third-order valence-corrected chi connectivity index (χ3v) is 4.18. The fraction of sp³-hybridized carbons (Fsp3) is 0.500. The third-order valence-electron chi connectivity index (χ3n) is 4.18. The van der Waals surface area contributed by atoms with Crippen molar-refractivity contribution >= 4 is 29.9 Å². The minimum absolute atomic E-state index is 0. The van der Waals surface area contributed by atoms with E-state index in [0.717, 1.165) is 0 Å². The van der Waals surface area contributed by atoms with Crippen LogP contribution in [0.1, 0.15) is 23.2 Å². The van der Waals surface area contributed by atoms with E-state index < -0.39 is 24.0 Å². The molecule has 10 heteroatoms. The predicted molar refractivity (Wildman–Crippen MR) is 92.2 cm³/mol. The molecule has 2 amide bonds. The molecule has 0 aliphatic carbocycles. The van der Waals surface area contributed by atoms with E-state index in [9.17, 15) is 22.8 Å². The van der Waals surface area contributed by atoms with Crippen LogP contribution >= 0.6 is 12.4 Å². The predicted octanol–water partition coefficient (Wildman–Crippen LogP) is 2.09. The lowest BCUT2D eigenvalue weighted by Gasteiger charge is -2.34. The highest BCUT2D eigenvalue weighted by Crippen LogP contribution is 2.31. The number of carbonyl (C=O) groups excluding carboxylic acids is 2. The molecule has 0 atom stereocenters. The van der Waals surface area contributed by atoms with Crippen LogP contribution in [-0.2, 0) is 9.53 Å². The number of carbonyl (C=O) groups is 2. The van der Waals surface area contributed by atoms with Gasteiger partial charge in [0.25, 0.3) is 5.91 Å². The molecule has 0 bridgehead atoms. The van der Waals surface area contributed by atoms with Crippen molar-refractivity contribution in [1.29, 1.82) is 0 Å². The lowest BCUT2D eigenvalue weighted by molar-refractivity contribution is -0.130. The summed E-state index contributed by atoms with van der Waals surface area (Å²) >= 11 is 0. The maximum atomic E-state index is 12.5. The maximum Gasteiger partial charge on any atom is 0.405 e. The highest BCUT2D eigenvalue weighted by Gasteiger charge is 2.38. The van der Waals surface area contributed by atoms with Crippen molar-refractivity contribution in [1.82, 2.24) is 5.32 Å². The van der Waals surface area contributed by atoms with Gasteiger partial charge in [-0.2, -0.15) is 13.2 Å². The number of alkyl halides is 3. The molecule has 1 fully saturated rings. The van der Waals surface area contributed by atoms with Gasteiger partial charge >= 0.3 is 6.18 Å². The van der Waals surface area contributed by atoms with Crippen molar-refractivity contribution in [2.45, 2.75) is 19.0 Å². The van der Waals surface area contributed by atoms with E-state index >= 15 is 0 Å². The van der Waals surface area contributed by atoms with Crippen LogP contribution in [0, 0.1) is 5.41 Å². The van der Waals surface area contributed by atoms with Crippen LogP contribution in [0.4, 0.5) is 18.9 Å². The fourth-order valence-electron chi connectivity index (χ4n) is 2.54. The minimum Gasteiger partial charge on any atom is -0.381 e. The van der Waals surface area contributed by atoms with Crippen LogP contribution in [0.5, 0.6) is 0 Å². The van der Waals surface area contributed by atoms with Crippen molar-refractivity contribution in [3.8, 4) is 0 Å². The zero-order valence-corrected chi connectivity index (χ0v) is 14.7. The van der Waals surface area contributed by atoms with Crippen LogP contribution in [0.15, 0.2) is 24.3 Å². The molecule has 1 heterocycles. The van der Waals surface area contributed by atoms with E-state index in [1.54, 1.807) is 5.32 Å². The van der Waals surface area contributed by atoms with Gasteiger partial charge in [0.1, 0.15) is 6.54 Å². The summed E-state index contributed by atoms with van der Waals surface area (Å²) in [5.41, 5.74) is 5.58. The molecule has 0 radical (unpaired) electrons. The Labute approximate surface area is 155 Å². The van der Waals surface area contributed by atoms with Crippen molar-refractivity contribution in [2.24, 2.45) is 11.1 Å². The smallest absolute Gasteiger partial charge is 0.381 e. The van der Waals surface area contributed by atoms with Gasteiger partial charge in [0, 0.05) is 31.0 Å². The minimum atomic E-state index is -4.47. The Bertz CT molecular complexity index is 617. The number of amides is 2. The van der Waals surface area contributed by atoms with Gasteiger partial charge in [0.2, 0.25) is 5.91 Å². The number of nitrogens with two attached hydrogens (primary N) is 1. The number of ether oxygens (including phenoxy) is 1. The zero-order valence-electron chi connectivity index (χ0n) is 13.9. The molecule has 1 aliphatic rings. The Morgan fingerprint density at radius 3 is 2.23 bits per heavy atom. The molecule has 1 saturated heterocycles. The van der Waals surface area contributed by atoms with Crippen LogP contribution in [0.3, 0.4) is 0 Å². The standard InChI is InChI=1S/C16H20F3N3O3.ClH/c17-16(18,19)10-21-13(23)11-1-3-12(4-2-11)22-14(24)15(9-20)5-7-25-8-6-15;/h1-4H,5-10,20H2,(H,21,23)(H,22,24);1H. The average molecular weight is 396 g/mol. The molecule has 1 aromatic rings. The first-order valence-electron chi connectivity index (χ1n) is 7.80. The van der Waals surface area contributed by atoms with Crippen molar-refractivity contribution in [3.05, 3.63) is 29.8 Å². The third kappa shape index (κ3) is 5.86. The quantitative estimate of drug-likeness (QED) is 0.711. The van der Waals surface area contributed by atoms with E-state index in [1.807, 2.05) is 0 Å². The molecule has 0 unspecified atom stereocenters. The van der Waals surface area contributed by atoms with E-state index in [-0.39, 0.29) is 30.4 Å². The van der Waals surface area contributed by atoms with Crippen molar-refractivity contribution < 1.29 is 27.5 Å². The maximum absolute atomic E-state index is 12.5. The topological polar surface area (TPSA) is 93.5 Å². The number of hydrogen-bond acceptors (Lipinski definition) is 4. The summed E-state index contributed by atoms with van der Waals surface area (Å²) < 4.78 is 41.6. The summed E-state index contributed by atoms with van der Waals surface area (Å²) in [6.45, 7) is -0.280. The molecule has 0 saturated carbocycles. The first-order chi connectivity index (χ1) is 11.8. The molecule has 6 nitrogen and oxygen atoms in total. The molecule has 26 heavy (non-hydrogen) atoms. The molecule has 1 aromatic carbocycles. The number of halogens is 4. The molecule has 2 rings (SSSR count). The zero-order chi connectivity index (χ0) is 18.5. The van der Waals surface area contributed by atoms with Gasteiger partial charge in [-0.3, -0.25) is 9.59 Å². The SMILES string of the molecule is Cl.NCC1(C(=O)Nc2ccc(C(=O)NCC(F)(F)F)cc2)CCOCC1. The van der Waals surface area contributed by atoms with Gasteiger partial charge in [-0.15, -0.1) is 12.4 Å². The van der Waals surface area contributed by atoms with Crippen LogP contribution < -0.4 is 16.4 Å². The second kappa shape index (κ2) is 9.20. The number of rotatable bonds is 5. The Morgan fingerprint density at radius 2 is 1.73 bits per heavy atom. The van der Waals surface area contributed by atoms with Gasteiger partial charge in [-0.25, -0.2) is 0 Å². The molecule has 1 aliphatic heterocycles. The number of anilines is 1. The second-order valence-corrected chi connectivity index (χ2v) is 5.93. The second-order valence-electron chi connectivity index (χ2n) is 5.93. The molecule has 0 aromatic heterocycles. The summed E-state index contributed by atoms with van der Waals surface area (Å²) in [6, 6.07) is 5.62. The molecule has 146 valence electrons. The lowest BCUT2D eigenvalue weighted by atomic mass is 9.79. The first-order valence-corrected chi connectivity index (χ1v) is 7.80. The van der Waals surface area contributed by atoms with Gasteiger partial charge in [-0.1, -0.05) is 0 Å². The van der Waals surface area contributed by atoms with Gasteiger partial charge in [0.05, 0.1) is 5.41 Å². The summed E-state index contributed by atoms with van der Waals surface area (Å²) in [5, 5.41) is 4.52. The van der Waals surface area contributed by atoms with E-state index in [2.05, 4.69) is 5.32 Å². The van der Waals surface area contributed by atoms with Gasteiger partial charge in [0.15, 0.2) is 0 Å². The molecular formula is C16H21ClF3N3O3. The summed E-state index contributed by atoms with van der Waals surface area (Å²) in [5.74, 6) is -1.06. The molecular weight excluding hydrogens is 375 g/mol. The van der Waals surface area contributed by atoms with Gasteiger partial charge in [-0.05, 0) is 37.1 Å². The highest BCUT2D eigenvalue weighted by atomic mass is 35.5. The Balaban J connectivity index is 0.00000338. The normalized spacial score (nSPS) is 16.3. The number of hydrogen-bond donors (Lipinski definition) is 3. The van der Waals surface area contributed by atoms with Crippen LogP contribution in [-0.4, -0.2) is 44.3 Å². The largest absolute Gasteiger partial charge is 0.405 e. The summed E-state index contributed by atoms with van der Waals surface area (Å²) in [7, 11) is 0. The monoisotopic (exact) mass is 395 g/mol. The van der Waals surface area contributed by atoms with Crippen LogP contribution in [0.2, 0.25) is 0 Å². The Hall–Kier alpha value is -1.84. The van der Waals surface area contributed by atoms with E-state index in [4.69, 9.17) is 10.5 Å². The lowest BCUT2D eigenvalue weighted by Crippen LogP contribution is -2.46. The number of benzene rings is 1. The summed E-state index contributed by atoms with van der Waals surface area (Å²) in [4.78, 5) is 24.1. The molecule has 0 spiro atoms. The van der Waals surface area contributed by atoms with Gasteiger partial charge < -0.3 is 21.1 Å². The number of nitrogens with one attached hydrogen (secondary N) is 2. The van der Waals surface area contributed by atoms with Crippen molar-refractivity contribution in [3.63, 3.8) is 0 Å². The average Bonchev–Trinajstić information content (AvgIpc) is 2.60. The Morgan fingerprint density at radius 1 is 1.15 bits per heavy atom. The van der Waals surface area contributed by atoms with Crippen molar-refractivity contribution in [2.75, 3.05) is 31.6 Å². The van der Waals surface area contributed by atoms with Crippen LogP contribution in [0.25, 0.3) is 0 Å².